The van der Waals surface area contributed by atoms with E-state index in [1.165, 1.54) is 11.3 Å². The van der Waals surface area contributed by atoms with Crippen LogP contribution in [0.25, 0.3) is 0 Å². The van der Waals surface area contributed by atoms with Crippen molar-refractivity contribution in [2.75, 3.05) is 11.9 Å². The molecule has 2 aromatic rings. The molecule has 23 heavy (non-hydrogen) atoms. The number of hydrogen-bond donors (Lipinski definition) is 1. The summed E-state index contributed by atoms with van der Waals surface area (Å²) in [5.74, 6) is -0.661. The standard InChI is InChI=1S/C18H21NO3S/c1-5-22-17(21)14-10-11-23-16(14)19-15(20)12-6-8-13(9-7-12)18(2,3)4/h6-11H,5H2,1-4H3,(H,19,20). The van der Waals surface area contributed by atoms with Gasteiger partial charge in [0.05, 0.1) is 12.2 Å². The average molecular weight is 331 g/mol. The molecule has 5 heteroatoms. The largest absolute Gasteiger partial charge is 0.462 e. The van der Waals surface area contributed by atoms with Gasteiger partial charge in [0, 0.05) is 5.56 Å². The molecule has 1 amide bonds. The van der Waals surface area contributed by atoms with Crippen LogP contribution in [0, 0.1) is 0 Å². The van der Waals surface area contributed by atoms with E-state index in [0.717, 1.165) is 5.56 Å². The minimum Gasteiger partial charge on any atom is -0.462 e. The van der Waals surface area contributed by atoms with Crippen LogP contribution in [-0.2, 0) is 10.2 Å². The van der Waals surface area contributed by atoms with E-state index in [9.17, 15) is 9.59 Å². The van der Waals surface area contributed by atoms with Crippen LogP contribution >= 0.6 is 11.3 Å². The van der Waals surface area contributed by atoms with Gasteiger partial charge in [0.1, 0.15) is 5.00 Å². The number of ether oxygens (including phenoxy) is 1. The van der Waals surface area contributed by atoms with E-state index in [4.69, 9.17) is 4.74 Å². The van der Waals surface area contributed by atoms with Crippen LogP contribution in [0.3, 0.4) is 0 Å². The van der Waals surface area contributed by atoms with E-state index in [2.05, 4.69) is 26.1 Å². The molecule has 0 saturated carbocycles. The Labute approximate surface area is 140 Å². The maximum absolute atomic E-state index is 12.3. The Kier molecular flexibility index (Phi) is 5.21. The van der Waals surface area contributed by atoms with Crippen LogP contribution in [-0.4, -0.2) is 18.5 Å². The fourth-order valence-electron chi connectivity index (χ4n) is 2.07. The first-order valence-corrected chi connectivity index (χ1v) is 8.37. The fraction of sp³-hybridized carbons (Fsp3) is 0.333. The summed E-state index contributed by atoms with van der Waals surface area (Å²) in [6.07, 6.45) is 0. The van der Waals surface area contributed by atoms with Crippen molar-refractivity contribution in [3.05, 3.63) is 52.4 Å². The van der Waals surface area contributed by atoms with Crippen LogP contribution in [0.2, 0.25) is 0 Å². The number of nitrogens with one attached hydrogen (secondary N) is 1. The average Bonchev–Trinajstić information content (AvgIpc) is 2.95. The third-order valence-corrected chi connectivity index (χ3v) is 4.23. The van der Waals surface area contributed by atoms with Gasteiger partial charge < -0.3 is 10.1 Å². The maximum atomic E-state index is 12.3. The zero-order valence-electron chi connectivity index (χ0n) is 13.8. The van der Waals surface area contributed by atoms with Crippen LogP contribution < -0.4 is 5.32 Å². The van der Waals surface area contributed by atoms with Crippen LogP contribution in [0.1, 0.15) is 54.0 Å². The normalized spacial score (nSPS) is 11.1. The Balaban J connectivity index is 2.14. The molecule has 1 heterocycles. The third-order valence-electron chi connectivity index (χ3n) is 3.40. The molecular formula is C18H21NO3S. The van der Waals surface area contributed by atoms with Crippen molar-refractivity contribution in [1.29, 1.82) is 0 Å². The molecule has 0 aliphatic carbocycles. The second kappa shape index (κ2) is 6.96. The number of carbonyl (C=O) groups excluding carboxylic acids is 2. The van der Waals surface area contributed by atoms with Gasteiger partial charge in [-0.15, -0.1) is 11.3 Å². The second-order valence-corrected chi connectivity index (χ2v) is 7.08. The molecule has 0 unspecified atom stereocenters. The summed E-state index contributed by atoms with van der Waals surface area (Å²) >= 11 is 1.30. The molecule has 0 saturated heterocycles. The lowest BCUT2D eigenvalue weighted by molar-refractivity contribution is 0.0528. The van der Waals surface area contributed by atoms with Crippen molar-refractivity contribution < 1.29 is 14.3 Å². The zero-order valence-corrected chi connectivity index (χ0v) is 14.6. The molecule has 0 aliphatic rings. The molecule has 0 bridgehead atoms. The molecule has 1 aromatic carbocycles. The first-order valence-electron chi connectivity index (χ1n) is 7.49. The zero-order chi connectivity index (χ0) is 17.0. The topological polar surface area (TPSA) is 55.4 Å². The summed E-state index contributed by atoms with van der Waals surface area (Å²) in [5, 5.41) is 5.05. The number of benzene rings is 1. The molecule has 0 atom stereocenters. The van der Waals surface area contributed by atoms with Gasteiger partial charge in [0.15, 0.2) is 0 Å². The van der Waals surface area contributed by atoms with Crippen LogP contribution in [0.4, 0.5) is 5.00 Å². The number of esters is 1. The van der Waals surface area contributed by atoms with Gasteiger partial charge in [-0.05, 0) is 41.5 Å². The Hall–Kier alpha value is -2.14. The molecule has 0 radical (unpaired) electrons. The summed E-state index contributed by atoms with van der Waals surface area (Å²) in [7, 11) is 0. The van der Waals surface area contributed by atoms with Crippen LogP contribution in [0.15, 0.2) is 35.7 Å². The third kappa shape index (κ3) is 4.20. The number of amides is 1. The molecular weight excluding hydrogens is 310 g/mol. The molecule has 4 nitrogen and oxygen atoms in total. The lowest BCUT2D eigenvalue weighted by Crippen LogP contribution is -2.15. The summed E-state index contributed by atoms with van der Waals surface area (Å²) in [6.45, 7) is 8.42. The molecule has 2 rings (SSSR count). The highest BCUT2D eigenvalue weighted by Crippen LogP contribution is 2.26. The Morgan fingerprint density at radius 3 is 2.35 bits per heavy atom. The van der Waals surface area contributed by atoms with Crippen molar-refractivity contribution in [2.45, 2.75) is 33.1 Å². The first kappa shape index (κ1) is 17.2. The first-order chi connectivity index (χ1) is 10.8. The van der Waals surface area contributed by atoms with Crippen molar-refractivity contribution in [2.24, 2.45) is 0 Å². The Morgan fingerprint density at radius 2 is 1.78 bits per heavy atom. The van der Waals surface area contributed by atoms with Crippen LogP contribution in [0.5, 0.6) is 0 Å². The molecule has 0 spiro atoms. The van der Waals surface area contributed by atoms with Crippen molar-refractivity contribution in [3.63, 3.8) is 0 Å². The van der Waals surface area contributed by atoms with E-state index in [0.29, 0.717) is 22.7 Å². The quantitative estimate of drug-likeness (QED) is 0.841. The van der Waals surface area contributed by atoms with Gasteiger partial charge in [0.25, 0.3) is 5.91 Å². The predicted molar refractivity (Wildman–Crippen MR) is 93.4 cm³/mol. The second-order valence-electron chi connectivity index (χ2n) is 6.17. The molecule has 0 fully saturated rings. The number of carbonyl (C=O) groups is 2. The SMILES string of the molecule is CCOC(=O)c1ccsc1NC(=O)c1ccc(C(C)(C)C)cc1. The van der Waals surface area contributed by atoms with E-state index in [1.807, 2.05) is 12.1 Å². The van der Waals surface area contributed by atoms with E-state index >= 15 is 0 Å². The lowest BCUT2D eigenvalue weighted by atomic mass is 9.87. The molecule has 122 valence electrons. The predicted octanol–water partition coefficient (Wildman–Crippen LogP) is 4.47. The summed E-state index contributed by atoms with van der Waals surface area (Å²) in [5.41, 5.74) is 2.15. The number of rotatable bonds is 4. The highest BCUT2D eigenvalue weighted by atomic mass is 32.1. The van der Waals surface area contributed by atoms with E-state index in [-0.39, 0.29) is 11.3 Å². The number of thiophene rings is 1. The van der Waals surface area contributed by atoms with Crippen molar-refractivity contribution in [1.82, 2.24) is 0 Å². The van der Waals surface area contributed by atoms with Gasteiger partial charge in [-0.25, -0.2) is 4.79 Å². The molecule has 1 N–H and O–H groups in total. The van der Waals surface area contributed by atoms with Crippen molar-refractivity contribution in [3.8, 4) is 0 Å². The minimum absolute atomic E-state index is 0.0415. The Morgan fingerprint density at radius 1 is 1.13 bits per heavy atom. The van der Waals surface area contributed by atoms with E-state index < -0.39 is 5.97 Å². The fourth-order valence-corrected chi connectivity index (χ4v) is 2.84. The maximum Gasteiger partial charge on any atom is 0.341 e. The summed E-state index contributed by atoms with van der Waals surface area (Å²) in [4.78, 5) is 24.2. The van der Waals surface area contributed by atoms with Gasteiger partial charge >= 0.3 is 5.97 Å². The van der Waals surface area contributed by atoms with Gasteiger partial charge in [-0.2, -0.15) is 0 Å². The van der Waals surface area contributed by atoms with Gasteiger partial charge in [-0.3, -0.25) is 4.79 Å². The smallest absolute Gasteiger partial charge is 0.341 e. The molecule has 0 aliphatic heterocycles. The monoisotopic (exact) mass is 331 g/mol. The highest BCUT2D eigenvalue weighted by Gasteiger charge is 2.18. The van der Waals surface area contributed by atoms with Gasteiger partial charge in [-0.1, -0.05) is 32.9 Å². The summed E-state index contributed by atoms with van der Waals surface area (Å²) in [6, 6.07) is 9.16. The summed E-state index contributed by atoms with van der Waals surface area (Å²) < 4.78 is 4.98. The van der Waals surface area contributed by atoms with E-state index in [1.54, 1.807) is 30.5 Å². The van der Waals surface area contributed by atoms with Gasteiger partial charge in [0.2, 0.25) is 0 Å². The molecule has 1 aromatic heterocycles. The number of hydrogen-bond acceptors (Lipinski definition) is 4. The highest BCUT2D eigenvalue weighted by molar-refractivity contribution is 7.14. The lowest BCUT2D eigenvalue weighted by Gasteiger charge is -2.19. The van der Waals surface area contributed by atoms with Crippen molar-refractivity contribution >= 4 is 28.2 Å². The number of anilines is 1. The Bertz CT molecular complexity index is 696. The minimum atomic E-state index is -0.424.